The summed E-state index contributed by atoms with van der Waals surface area (Å²) < 4.78 is 43.9. The van der Waals surface area contributed by atoms with E-state index in [9.17, 15) is 13.5 Å². The summed E-state index contributed by atoms with van der Waals surface area (Å²) in [6, 6.07) is 6.97. The van der Waals surface area contributed by atoms with Crippen LogP contribution in [0.1, 0.15) is 6.42 Å². The first kappa shape index (κ1) is 21.6. The first-order valence-corrected chi connectivity index (χ1v) is 14.5. The minimum atomic E-state index is -3.66. The number of sulfonamides is 1. The van der Waals surface area contributed by atoms with Crippen molar-refractivity contribution in [3.63, 3.8) is 0 Å². The molecule has 0 aliphatic rings. The number of aromatic hydroxyl groups is 1. The Morgan fingerprint density at radius 2 is 1.93 bits per heavy atom. The second-order valence-electron chi connectivity index (χ2n) is 6.82. The highest BCUT2D eigenvalue weighted by molar-refractivity contribution is 9.09. The Labute approximate surface area is 169 Å². The lowest BCUT2D eigenvalue weighted by molar-refractivity contribution is 0.412. The van der Waals surface area contributed by atoms with Crippen molar-refractivity contribution < 1.29 is 27.1 Å². The molecule has 1 aromatic carbocycles. The number of anilines is 1. The van der Waals surface area contributed by atoms with Crippen LogP contribution in [0, 0.1) is 0 Å². The van der Waals surface area contributed by atoms with Crippen LogP contribution in [-0.2, 0) is 10.0 Å². The van der Waals surface area contributed by atoms with Crippen LogP contribution in [-0.4, -0.2) is 40.0 Å². The average Bonchev–Trinajstić information content (AvgIpc) is 2.87. The molecule has 0 bridgehead atoms. The number of halogens is 1. The number of ether oxygens (including phenoxy) is 1. The van der Waals surface area contributed by atoms with E-state index in [0.717, 1.165) is 0 Å². The summed E-state index contributed by atoms with van der Waals surface area (Å²) in [5.41, 5.74) is 0.490. The number of nitrogens with one attached hydrogen (secondary N) is 1. The third-order valence-electron chi connectivity index (χ3n) is 3.40. The van der Waals surface area contributed by atoms with Gasteiger partial charge in [0.25, 0.3) is 5.88 Å². The zero-order valence-corrected chi connectivity index (χ0v) is 19.1. The standard InChI is InChI=1S/C17H24BrNO6SSi/c1-23-13-9-6-5-8-12(13)15-14(20)16(25-27(2,3)4)17(24-15)19-26(21,22)11-7-10-18/h5-6,8-9,19-20H,7,10-11H2,1-4H3. The van der Waals surface area contributed by atoms with Crippen LogP contribution in [0.3, 0.4) is 0 Å². The van der Waals surface area contributed by atoms with Gasteiger partial charge in [0.05, 0.1) is 18.4 Å². The van der Waals surface area contributed by atoms with Gasteiger partial charge in [0.1, 0.15) is 5.75 Å². The second-order valence-corrected chi connectivity index (χ2v) is 13.9. The first-order valence-electron chi connectivity index (χ1n) is 8.32. The topological polar surface area (TPSA) is 98.0 Å². The normalized spacial score (nSPS) is 12.0. The highest BCUT2D eigenvalue weighted by Gasteiger charge is 2.30. The van der Waals surface area contributed by atoms with Gasteiger partial charge in [-0.2, -0.15) is 0 Å². The second kappa shape index (κ2) is 8.57. The SMILES string of the molecule is COc1ccccc1-c1oc(NS(=O)(=O)CCCBr)c(O[Si](C)(C)C)c1O. The predicted octanol–water partition coefficient (Wildman–Crippen LogP) is 4.40. The number of alkyl halides is 1. The molecule has 0 saturated heterocycles. The number of para-hydroxylation sites is 1. The molecule has 0 spiro atoms. The zero-order chi connectivity index (χ0) is 20.2. The summed E-state index contributed by atoms with van der Waals surface area (Å²) in [6.45, 7) is 5.77. The molecule has 0 radical (unpaired) electrons. The van der Waals surface area contributed by atoms with E-state index >= 15 is 0 Å². The Balaban J connectivity index is 2.55. The third-order valence-corrected chi connectivity index (χ3v) is 6.10. The van der Waals surface area contributed by atoms with Crippen molar-refractivity contribution in [3.8, 4) is 28.6 Å². The summed E-state index contributed by atoms with van der Waals surface area (Å²) in [5, 5.41) is 11.3. The quantitative estimate of drug-likeness (QED) is 0.410. The van der Waals surface area contributed by atoms with Crippen molar-refractivity contribution >= 4 is 40.2 Å². The summed E-state index contributed by atoms with van der Waals surface area (Å²) in [7, 11) is -4.32. The van der Waals surface area contributed by atoms with Gasteiger partial charge in [-0.05, 0) is 38.2 Å². The average molecular weight is 478 g/mol. The summed E-state index contributed by atoms with van der Waals surface area (Å²) in [5.74, 6) is 0.0764. The first-order chi connectivity index (χ1) is 12.6. The van der Waals surface area contributed by atoms with Gasteiger partial charge in [0, 0.05) is 5.33 Å². The maximum atomic E-state index is 12.3. The Morgan fingerprint density at radius 1 is 1.26 bits per heavy atom. The maximum absolute atomic E-state index is 12.3. The molecule has 0 amide bonds. The summed E-state index contributed by atoms with van der Waals surface area (Å²) in [4.78, 5) is 0. The van der Waals surface area contributed by atoms with E-state index < -0.39 is 18.3 Å². The van der Waals surface area contributed by atoms with Crippen molar-refractivity contribution in [2.75, 3.05) is 22.9 Å². The number of furan rings is 1. The fraction of sp³-hybridized carbons (Fsp3) is 0.412. The molecule has 0 aliphatic heterocycles. The number of benzene rings is 1. The van der Waals surface area contributed by atoms with Crippen molar-refractivity contribution in [2.45, 2.75) is 26.1 Å². The molecule has 2 rings (SSSR count). The van der Waals surface area contributed by atoms with Crippen molar-refractivity contribution in [1.29, 1.82) is 0 Å². The van der Waals surface area contributed by atoms with Gasteiger partial charge >= 0.3 is 0 Å². The molecule has 0 fully saturated rings. The molecule has 2 N–H and O–H groups in total. The van der Waals surface area contributed by atoms with E-state index in [4.69, 9.17) is 13.6 Å². The zero-order valence-electron chi connectivity index (χ0n) is 15.7. The van der Waals surface area contributed by atoms with Crippen molar-refractivity contribution in [3.05, 3.63) is 24.3 Å². The van der Waals surface area contributed by atoms with E-state index in [1.54, 1.807) is 24.3 Å². The smallest absolute Gasteiger partial charge is 0.252 e. The fourth-order valence-electron chi connectivity index (χ4n) is 2.33. The Hall–Kier alpha value is -1.65. The molecule has 1 aromatic heterocycles. The van der Waals surface area contributed by atoms with E-state index in [1.165, 1.54) is 7.11 Å². The van der Waals surface area contributed by atoms with Gasteiger partial charge in [-0.1, -0.05) is 28.1 Å². The van der Waals surface area contributed by atoms with Crippen molar-refractivity contribution in [2.24, 2.45) is 0 Å². The maximum Gasteiger partial charge on any atom is 0.252 e. The van der Waals surface area contributed by atoms with Gasteiger partial charge < -0.3 is 18.7 Å². The van der Waals surface area contributed by atoms with Crippen LogP contribution in [0.15, 0.2) is 28.7 Å². The number of rotatable bonds is 9. The largest absolute Gasteiger partial charge is 0.538 e. The summed E-state index contributed by atoms with van der Waals surface area (Å²) in [6.07, 6.45) is 0.436. The van der Waals surface area contributed by atoms with E-state index in [-0.39, 0.29) is 28.9 Å². The van der Waals surface area contributed by atoms with Gasteiger partial charge in [-0.3, -0.25) is 0 Å². The minimum absolute atomic E-state index is 0.00232. The molecule has 1 heterocycles. The van der Waals surface area contributed by atoms with Gasteiger partial charge in [-0.25, -0.2) is 13.1 Å². The molecule has 27 heavy (non-hydrogen) atoms. The molecule has 10 heteroatoms. The Bertz CT molecular complexity index is 891. The van der Waals surface area contributed by atoms with Crippen LogP contribution in [0.2, 0.25) is 19.6 Å². The van der Waals surface area contributed by atoms with Gasteiger partial charge in [-0.15, -0.1) is 0 Å². The fourth-order valence-corrected chi connectivity index (χ4v) is 4.82. The summed E-state index contributed by atoms with van der Waals surface area (Å²) >= 11 is 3.22. The molecule has 2 aromatic rings. The molecule has 150 valence electrons. The molecular formula is C17H24BrNO6SSi. The monoisotopic (exact) mass is 477 g/mol. The lowest BCUT2D eigenvalue weighted by Crippen LogP contribution is -2.29. The van der Waals surface area contributed by atoms with E-state index in [0.29, 0.717) is 23.1 Å². The molecule has 0 saturated carbocycles. The number of hydrogen-bond acceptors (Lipinski definition) is 6. The molecule has 0 unspecified atom stereocenters. The molecule has 0 aliphatic carbocycles. The predicted molar refractivity (Wildman–Crippen MR) is 112 cm³/mol. The van der Waals surface area contributed by atoms with Crippen LogP contribution in [0.5, 0.6) is 17.2 Å². The Morgan fingerprint density at radius 3 is 2.52 bits per heavy atom. The van der Waals surface area contributed by atoms with Crippen LogP contribution >= 0.6 is 15.9 Å². The molecule has 0 atom stereocenters. The third kappa shape index (κ3) is 5.66. The lowest BCUT2D eigenvalue weighted by atomic mass is 10.1. The van der Waals surface area contributed by atoms with Crippen LogP contribution < -0.4 is 13.9 Å². The number of hydrogen-bond donors (Lipinski definition) is 2. The van der Waals surface area contributed by atoms with Crippen molar-refractivity contribution in [1.82, 2.24) is 0 Å². The molecular weight excluding hydrogens is 454 g/mol. The highest BCUT2D eigenvalue weighted by Crippen LogP contribution is 2.49. The van der Waals surface area contributed by atoms with E-state index in [1.807, 2.05) is 19.6 Å². The highest BCUT2D eigenvalue weighted by atomic mass is 79.9. The lowest BCUT2D eigenvalue weighted by Gasteiger charge is -2.19. The number of methoxy groups -OCH3 is 1. The Kier molecular flexibility index (Phi) is 6.87. The van der Waals surface area contributed by atoms with Crippen LogP contribution in [0.4, 0.5) is 5.88 Å². The molecule has 7 nitrogen and oxygen atoms in total. The van der Waals surface area contributed by atoms with Crippen LogP contribution in [0.25, 0.3) is 11.3 Å². The minimum Gasteiger partial charge on any atom is -0.538 e. The van der Waals surface area contributed by atoms with Gasteiger partial charge in [0.2, 0.25) is 29.8 Å². The van der Waals surface area contributed by atoms with E-state index in [2.05, 4.69) is 20.7 Å². The van der Waals surface area contributed by atoms with Gasteiger partial charge in [0.15, 0.2) is 5.76 Å².